The van der Waals surface area contributed by atoms with Gasteiger partial charge >= 0.3 is 5.97 Å². The zero-order valence-corrected chi connectivity index (χ0v) is 14.9. The van der Waals surface area contributed by atoms with Gasteiger partial charge in [0.1, 0.15) is 10.9 Å². The van der Waals surface area contributed by atoms with Crippen LogP contribution in [0.3, 0.4) is 0 Å². The van der Waals surface area contributed by atoms with Crippen LogP contribution < -0.4 is 0 Å². The number of alkyl halides is 1. The number of hydrogen-bond donors (Lipinski definition) is 0. The minimum absolute atomic E-state index is 0.269. The predicted octanol–water partition coefficient (Wildman–Crippen LogP) is 5.08. The summed E-state index contributed by atoms with van der Waals surface area (Å²) in [5.74, 6) is -0.454. The monoisotopic (exact) mass is 405 g/mol. The second-order valence-electron chi connectivity index (χ2n) is 4.19. The van der Waals surface area contributed by atoms with Crippen molar-refractivity contribution >= 4 is 62.0 Å². The van der Waals surface area contributed by atoms with E-state index in [1.54, 1.807) is 19.1 Å². The summed E-state index contributed by atoms with van der Waals surface area (Å²) >= 11 is 16.8. The Morgan fingerprint density at radius 2 is 2.33 bits per heavy atom. The van der Waals surface area contributed by atoms with Gasteiger partial charge < -0.3 is 4.74 Å². The van der Waals surface area contributed by atoms with E-state index in [1.165, 1.54) is 11.3 Å². The highest BCUT2D eigenvalue weighted by atomic mass is 79.9. The fourth-order valence-electron chi connectivity index (χ4n) is 1.99. The zero-order chi connectivity index (χ0) is 15.6. The largest absolute Gasteiger partial charge is 0.462 e. The van der Waals surface area contributed by atoms with Crippen molar-refractivity contribution < 1.29 is 9.53 Å². The van der Waals surface area contributed by atoms with Crippen molar-refractivity contribution in [2.75, 3.05) is 6.61 Å². The molecule has 1 aromatic rings. The molecule has 0 fully saturated rings. The van der Waals surface area contributed by atoms with Crippen molar-refractivity contribution in [1.82, 2.24) is 0 Å². The van der Waals surface area contributed by atoms with E-state index in [1.807, 2.05) is 0 Å². The Balaban J connectivity index is 2.61. The number of carbonyl (C=O) groups is 1. The van der Waals surface area contributed by atoms with Crippen molar-refractivity contribution in [1.29, 1.82) is 5.26 Å². The highest BCUT2D eigenvalue weighted by Gasteiger charge is 2.29. The van der Waals surface area contributed by atoms with Crippen LogP contribution in [-0.2, 0) is 4.74 Å². The van der Waals surface area contributed by atoms with Crippen molar-refractivity contribution in [3.8, 4) is 6.07 Å². The van der Waals surface area contributed by atoms with Crippen LogP contribution in [0.5, 0.6) is 0 Å². The minimum atomic E-state index is -0.454. The fraction of sp³-hybridized carbons (Fsp3) is 0.286. The second-order valence-corrected chi connectivity index (χ2v) is 7.55. The van der Waals surface area contributed by atoms with Crippen LogP contribution in [0.15, 0.2) is 21.0 Å². The highest BCUT2D eigenvalue weighted by molar-refractivity contribution is 9.11. The summed E-state index contributed by atoms with van der Waals surface area (Å²) in [6.45, 7) is 2.00. The molecule has 110 valence electrons. The topological polar surface area (TPSA) is 50.1 Å². The molecule has 0 saturated heterocycles. The molecule has 0 radical (unpaired) electrons. The number of rotatable bonds is 3. The van der Waals surface area contributed by atoms with E-state index in [0.717, 1.165) is 0 Å². The normalized spacial score (nSPS) is 17.8. The van der Waals surface area contributed by atoms with E-state index in [2.05, 4.69) is 22.0 Å². The van der Waals surface area contributed by atoms with E-state index >= 15 is 0 Å². The molecule has 1 unspecified atom stereocenters. The van der Waals surface area contributed by atoms with Gasteiger partial charge in [0, 0.05) is 17.0 Å². The Morgan fingerprint density at radius 1 is 1.62 bits per heavy atom. The molecule has 0 saturated carbocycles. The van der Waals surface area contributed by atoms with Crippen molar-refractivity contribution in [2.24, 2.45) is 0 Å². The fourth-order valence-corrected chi connectivity index (χ4v) is 4.30. The third-order valence-corrected chi connectivity index (χ3v) is 5.39. The van der Waals surface area contributed by atoms with E-state index in [4.69, 9.17) is 27.9 Å². The van der Waals surface area contributed by atoms with Crippen LogP contribution in [0.1, 0.15) is 34.1 Å². The quantitative estimate of drug-likeness (QED) is 0.519. The number of carbonyl (C=O) groups excluding carboxylic acids is 1. The van der Waals surface area contributed by atoms with Crippen LogP contribution in [-0.4, -0.2) is 18.0 Å². The molecular formula is C14H10BrCl2NO2S. The van der Waals surface area contributed by atoms with Gasteiger partial charge in [-0.05, 0) is 34.5 Å². The van der Waals surface area contributed by atoms with Crippen LogP contribution in [0.2, 0.25) is 0 Å². The number of thiophene rings is 1. The summed E-state index contributed by atoms with van der Waals surface area (Å²) in [7, 11) is 0. The average molecular weight is 407 g/mol. The molecule has 1 heterocycles. The molecule has 1 aliphatic carbocycles. The summed E-state index contributed by atoms with van der Waals surface area (Å²) in [6.07, 6.45) is 3.95. The third kappa shape index (κ3) is 3.35. The Kier molecular flexibility index (Phi) is 5.50. The molecule has 7 heteroatoms. The van der Waals surface area contributed by atoms with Gasteiger partial charge in [-0.2, -0.15) is 5.26 Å². The molecule has 1 aliphatic rings. The molecule has 0 amide bonds. The van der Waals surface area contributed by atoms with Gasteiger partial charge in [-0.3, -0.25) is 0 Å². The first-order valence-electron chi connectivity index (χ1n) is 6.09. The molecule has 2 rings (SSSR count). The van der Waals surface area contributed by atoms with Gasteiger partial charge in [0.05, 0.1) is 21.3 Å². The maximum atomic E-state index is 12.1. The number of halogens is 3. The number of nitriles is 1. The third-order valence-electron chi connectivity index (χ3n) is 2.88. The molecule has 1 aromatic heterocycles. The second kappa shape index (κ2) is 6.97. The first-order valence-corrected chi connectivity index (χ1v) is 8.52. The zero-order valence-electron chi connectivity index (χ0n) is 11.0. The lowest BCUT2D eigenvalue weighted by Crippen LogP contribution is -2.11. The molecule has 0 bridgehead atoms. The highest BCUT2D eigenvalue weighted by Crippen LogP contribution is 2.42. The number of hydrogen-bond acceptors (Lipinski definition) is 4. The summed E-state index contributed by atoms with van der Waals surface area (Å²) < 4.78 is 5.65. The van der Waals surface area contributed by atoms with Gasteiger partial charge in [-0.15, -0.1) is 22.9 Å². The molecule has 1 atom stereocenters. The van der Waals surface area contributed by atoms with Gasteiger partial charge in [0.2, 0.25) is 0 Å². The molecular weight excluding hydrogens is 397 g/mol. The summed E-state index contributed by atoms with van der Waals surface area (Å²) in [5, 5.41) is 9.61. The molecule has 21 heavy (non-hydrogen) atoms. The van der Waals surface area contributed by atoms with Crippen molar-refractivity contribution in [2.45, 2.75) is 18.7 Å². The molecule has 0 aliphatic heterocycles. The first kappa shape index (κ1) is 16.6. The SMILES string of the molecule is CCOC(=O)c1sc(Br)c(C#N)c1C1=CC=C(Cl)CC1Cl. The smallest absolute Gasteiger partial charge is 0.349 e. The van der Waals surface area contributed by atoms with E-state index in [9.17, 15) is 10.1 Å². The summed E-state index contributed by atoms with van der Waals surface area (Å²) in [5.41, 5.74) is 1.64. The maximum absolute atomic E-state index is 12.1. The lowest BCUT2D eigenvalue weighted by Gasteiger charge is -2.18. The molecule has 3 nitrogen and oxygen atoms in total. The lowest BCUT2D eigenvalue weighted by molar-refractivity contribution is 0.0531. The number of esters is 1. The standard InChI is InChI=1S/C14H10BrCl2NO2S/c1-2-20-14(19)12-11(9(6-18)13(15)21-12)8-4-3-7(16)5-10(8)17/h3-4,10H,2,5H2,1H3. The van der Waals surface area contributed by atoms with E-state index in [0.29, 0.717) is 36.8 Å². The molecule has 0 spiro atoms. The number of ether oxygens (including phenoxy) is 1. The Labute approximate surface area is 144 Å². The number of nitrogens with zero attached hydrogens (tertiary/aromatic N) is 1. The molecule has 0 N–H and O–H groups in total. The Bertz CT molecular complexity index is 688. The van der Waals surface area contributed by atoms with Gasteiger partial charge in [-0.25, -0.2) is 4.79 Å². The lowest BCUT2D eigenvalue weighted by atomic mass is 9.94. The van der Waals surface area contributed by atoms with Crippen LogP contribution in [0.25, 0.3) is 5.57 Å². The van der Waals surface area contributed by atoms with Crippen LogP contribution >= 0.6 is 50.5 Å². The van der Waals surface area contributed by atoms with E-state index < -0.39 is 5.97 Å². The predicted molar refractivity (Wildman–Crippen MR) is 88.9 cm³/mol. The number of allylic oxidation sites excluding steroid dienone is 4. The van der Waals surface area contributed by atoms with E-state index in [-0.39, 0.29) is 12.0 Å². The Morgan fingerprint density at radius 3 is 2.90 bits per heavy atom. The minimum Gasteiger partial charge on any atom is -0.462 e. The first-order chi connectivity index (χ1) is 9.99. The average Bonchev–Trinajstić information content (AvgIpc) is 2.76. The van der Waals surface area contributed by atoms with Gasteiger partial charge in [0.15, 0.2) is 0 Å². The summed E-state index contributed by atoms with van der Waals surface area (Å²) in [6, 6.07) is 2.11. The van der Waals surface area contributed by atoms with Crippen molar-refractivity contribution in [3.63, 3.8) is 0 Å². The van der Waals surface area contributed by atoms with Gasteiger partial charge in [0.25, 0.3) is 0 Å². The maximum Gasteiger partial charge on any atom is 0.349 e. The van der Waals surface area contributed by atoms with Crippen molar-refractivity contribution in [3.05, 3.63) is 37.0 Å². The molecule has 0 aromatic carbocycles. The van der Waals surface area contributed by atoms with Crippen LogP contribution in [0, 0.1) is 11.3 Å². The Hall–Kier alpha value is -0.800. The van der Waals surface area contributed by atoms with Gasteiger partial charge in [-0.1, -0.05) is 17.7 Å². The summed E-state index contributed by atoms with van der Waals surface area (Å²) in [4.78, 5) is 12.5. The van der Waals surface area contributed by atoms with Crippen LogP contribution in [0.4, 0.5) is 0 Å².